The summed E-state index contributed by atoms with van der Waals surface area (Å²) in [5, 5.41) is 0. The Balaban J connectivity index is 2.52. The third-order valence-electron chi connectivity index (χ3n) is 1.69. The average molecular weight is 197 g/mol. The number of halogens is 1. The Kier molecular flexibility index (Phi) is 4.04. The number of carbonyl (C=O) groups is 1. The van der Waals surface area contributed by atoms with E-state index >= 15 is 0 Å². The maximum absolute atomic E-state index is 12.9. The molecule has 0 aliphatic rings. The van der Waals surface area contributed by atoms with Crippen molar-refractivity contribution >= 4 is 5.97 Å². The molecule has 3 nitrogen and oxygen atoms in total. The normalized spacial score (nSPS) is 9.86. The number of aromatic nitrogens is 1. The highest BCUT2D eigenvalue weighted by Gasteiger charge is 2.07. The summed E-state index contributed by atoms with van der Waals surface area (Å²) in [6.07, 6.45) is 4.38. The number of unbranched alkanes of at least 4 members (excludes halogenated alkanes) is 1. The van der Waals surface area contributed by atoms with E-state index in [9.17, 15) is 9.18 Å². The monoisotopic (exact) mass is 197 g/mol. The van der Waals surface area contributed by atoms with E-state index in [1.807, 2.05) is 6.92 Å². The number of hydrogen-bond acceptors (Lipinski definition) is 3. The fourth-order valence-electron chi connectivity index (χ4n) is 0.940. The van der Waals surface area contributed by atoms with Crippen molar-refractivity contribution in [3.63, 3.8) is 0 Å². The summed E-state index contributed by atoms with van der Waals surface area (Å²) in [5.74, 6) is -1.07. The van der Waals surface area contributed by atoms with Crippen molar-refractivity contribution in [1.29, 1.82) is 0 Å². The van der Waals surface area contributed by atoms with Crippen molar-refractivity contribution in [2.75, 3.05) is 0 Å². The SMILES string of the molecule is CCCCC(=O)Oc1ccncc1F. The van der Waals surface area contributed by atoms with Crippen LogP contribution in [0.15, 0.2) is 18.5 Å². The predicted octanol–water partition coefficient (Wildman–Crippen LogP) is 2.32. The van der Waals surface area contributed by atoms with Gasteiger partial charge in [-0.05, 0) is 6.42 Å². The molecule has 76 valence electrons. The largest absolute Gasteiger partial charge is 0.423 e. The molecule has 0 aliphatic carbocycles. The molecular formula is C10H12FNO2. The van der Waals surface area contributed by atoms with E-state index < -0.39 is 11.8 Å². The Morgan fingerprint density at radius 2 is 2.43 bits per heavy atom. The molecule has 0 unspecified atom stereocenters. The Hall–Kier alpha value is -1.45. The quantitative estimate of drug-likeness (QED) is 0.695. The second kappa shape index (κ2) is 5.32. The van der Waals surface area contributed by atoms with Gasteiger partial charge in [0.2, 0.25) is 0 Å². The van der Waals surface area contributed by atoms with E-state index in [4.69, 9.17) is 4.74 Å². The molecule has 0 saturated heterocycles. The number of rotatable bonds is 4. The Morgan fingerprint density at radius 3 is 3.07 bits per heavy atom. The second-order valence-corrected chi connectivity index (χ2v) is 2.88. The summed E-state index contributed by atoms with van der Waals surface area (Å²) >= 11 is 0. The van der Waals surface area contributed by atoms with Gasteiger partial charge in [0.05, 0.1) is 6.20 Å². The first-order valence-corrected chi connectivity index (χ1v) is 4.54. The second-order valence-electron chi connectivity index (χ2n) is 2.88. The van der Waals surface area contributed by atoms with E-state index in [0.717, 1.165) is 19.0 Å². The first-order valence-electron chi connectivity index (χ1n) is 4.54. The van der Waals surface area contributed by atoms with Gasteiger partial charge < -0.3 is 4.74 Å². The summed E-state index contributed by atoms with van der Waals surface area (Å²) in [4.78, 5) is 14.7. The molecule has 0 bridgehead atoms. The lowest BCUT2D eigenvalue weighted by molar-refractivity contribution is -0.134. The van der Waals surface area contributed by atoms with Crippen LogP contribution in [0, 0.1) is 5.82 Å². The van der Waals surface area contributed by atoms with Crippen LogP contribution < -0.4 is 4.74 Å². The third-order valence-corrected chi connectivity index (χ3v) is 1.69. The van der Waals surface area contributed by atoms with Crippen LogP contribution in [0.25, 0.3) is 0 Å². The van der Waals surface area contributed by atoms with Gasteiger partial charge in [-0.25, -0.2) is 4.39 Å². The lowest BCUT2D eigenvalue weighted by Crippen LogP contribution is -2.08. The molecule has 0 spiro atoms. The average Bonchev–Trinajstić information content (AvgIpc) is 2.18. The molecule has 0 amide bonds. The zero-order chi connectivity index (χ0) is 10.4. The lowest BCUT2D eigenvalue weighted by atomic mass is 10.2. The molecule has 0 aliphatic heterocycles. The topological polar surface area (TPSA) is 39.2 Å². The summed E-state index contributed by atoms with van der Waals surface area (Å²) < 4.78 is 17.7. The number of pyridine rings is 1. The van der Waals surface area contributed by atoms with Crippen molar-refractivity contribution in [1.82, 2.24) is 4.98 Å². The van der Waals surface area contributed by atoms with Crippen LogP contribution >= 0.6 is 0 Å². The number of nitrogens with zero attached hydrogens (tertiary/aromatic N) is 1. The van der Waals surface area contributed by atoms with Crippen LogP contribution in [0.3, 0.4) is 0 Å². The molecule has 0 N–H and O–H groups in total. The number of ether oxygens (including phenoxy) is 1. The molecule has 0 saturated carbocycles. The molecule has 1 heterocycles. The number of carbonyl (C=O) groups excluding carboxylic acids is 1. The van der Waals surface area contributed by atoms with Crippen LogP contribution in [0.1, 0.15) is 26.2 Å². The van der Waals surface area contributed by atoms with Gasteiger partial charge in [0.15, 0.2) is 11.6 Å². The Labute approximate surface area is 81.9 Å². The predicted molar refractivity (Wildman–Crippen MR) is 49.4 cm³/mol. The molecule has 0 atom stereocenters. The van der Waals surface area contributed by atoms with Crippen LogP contribution in [0.2, 0.25) is 0 Å². The van der Waals surface area contributed by atoms with Gasteiger partial charge in [-0.2, -0.15) is 0 Å². The fourth-order valence-corrected chi connectivity index (χ4v) is 0.940. The van der Waals surface area contributed by atoms with Crippen molar-refractivity contribution < 1.29 is 13.9 Å². The van der Waals surface area contributed by atoms with Gasteiger partial charge in [0.1, 0.15) is 0 Å². The zero-order valence-corrected chi connectivity index (χ0v) is 8.00. The fraction of sp³-hybridized carbons (Fsp3) is 0.400. The highest BCUT2D eigenvalue weighted by atomic mass is 19.1. The molecule has 4 heteroatoms. The molecule has 0 radical (unpaired) electrons. The molecule has 0 fully saturated rings. The molecule has 0 aromatic carbocycles. The number of hydrogen-bond donors (Lipinski definition) is 0. The summed E-state index contributed by atoms with van der Waals surface area (Å²) in [5.41, 5.74) is 0. The van der Waals surface area contributed by atoms with E-state index in [2.05, 4.69) is 4.98 Å². The van der Waals surface area contributed by atoms with E-state index in [1.54, 1.807) is 0 Å². The van der Waals surface area contributed by atoms with Crippen LogP contribution in [-0.2, 0) is 4.79 Å². The van der Waals surface area contributed by atoms with E-state index in [1.165, 1.54) is 12.3 Å². The summed E-state index contributed by atoms with van der Waals surface area (Å²) in [6, 6.07) is 1.33. The molecule has 1 aromatic heterocycles. The Morgan fingerprint density at radius 1 is 1.64 bits per heavy atom. The van der Waals surface area contributed by atoms with Gasteiger partial charge in [0, 0.05) is 18.7 Å². The lowest BCUT2D eigenvalue weighted by Gasteiger charge is -2.03. The first-order chi connectivity index (χ1) is 6.74. The number of esters is 1. The smallest absolute Gasteiger partial charge is 0.311 e. The van der Waals surface area contributed by atoms with Gasteiger partial charge in [-0.3, -0.25) is 9.78 Å². The molecular weight excluding hydrogens is 185 g/mol. The minimum atomic E-state index is -0.614. The maximum Gasteiger partial charge on any atom is 0.311 e. The Bertz CT molecular complexity index is 315. The highest BCUT2D eigenvalue weighted by Crippen LogP contribution is 2.14. The van der Waals surface area contributed by atoms with Gasteiger partial charge in [-0.15, -0.1) is 0 Å². The third kappa shape index (κ3) is 3.12. The maximum atomic E-state index is 12.9. The van der Waals surface area contributed by atoms with E-state index in [-0.39, 0.29) is 5.75 Å². The van der Waals surface area contributed by atoms with Crippen molar-refractivity contribution in [3.8, 4) is 5.75 Å². The minimum absolute atomic E-state index is 0.0545. The molecule has 1 rings (SSSR count). The zero-order valence-electron chi connectivity index (χ0n) is 8.00. The van der Waals surface area contributed by atoms with Crippen molar-refractivity contribution in [3.05, 3.63) is 24.3 Å². The van der Waals surface area contributed by atoms with Crippen molar-refractivity contribution in [2.24, 2.45) is 0 Å². The van der Waals surface area contributed by atoms with Crippen LogP contribution in [-0.4, -0.2) is 11.0 Å². The standard InChI is InChI=1S/C10H12FNO2/c1-2-3-4-10(13)14-9-5-6-12-7-8(9)11/h5-7H,2-4H2,1H3. The first kappa shape index (κ1) is 10.6. The summed E-state index contributed by atoms with van der Waals surface area (Å²) in [6.45, 7) is 1.97. The molecule has 1 aromatic rings. The minimum Gasteiger partial charge on any atom is -0.423 e. The summed E-state index contributed by atoms with van der Waals surface area (Å²) in [7, 11) is 0. The van der Waals surface area contributed by atoms with Crippen LogP contribution in [0.4, 0.5) is 4.39 Å². The van der Waals surface area contributed by atoms with Crippen molar-refractivity contribution in [2.45, 2.75) is 26.2 Å². The van der Waals surface area contributed by atoms with Crippen LogP contribution in [0.5, 0.6) is 5.75 Å². The van der Waals surface area contributed by atoms with Gasteiger partial charge in [0.25, 0.3) is 0 Å². The van der Waals surface area contributed by atoms with Gasteiger partial charge >= 0.3 is 5.97 Å². The van der Waals surface area contributed by atoms with E-state index in [0.29, 0.717) is 6.42 Å². The van der Waals surface area contributed by atoms with Gasteiger partial charge in [-0.1, -0.05) is 13.3 Å². The highest BCUT2D eigenvalue weighted by molar-refractivity contribution is 5.72. The molecule has 14 heavy (non-hydrogen) atoms.